The second kappa shape index (κ2) is 6.29. The summed E-state index contributed by atoms with van der Waals surface area (Å²) in [7, 11) is 2.03. The Bertz CT molecular complexity index is 583. The summed E-state index contributed by atoms with van der Waals surface area (Å²) in [5.74, 6) is 0. The van der Waals surface area contributed by atoms with E-state index in [1.165, 1.54) is 0 Å². The molecule has 0 aromatic heterocycles. The molecule has 2 nitrogen and oxygen atoms in total. The van der Waals surface area contributed by atoms with E-state index in [-0.39, 0.29) is 6.04 Å². The quantitative estimate of drug-likeness (QED) is 0.890. The van der Waals surface area contributed by atoms with Crippen molar-refractivity contribution in [2.75, 3.05) is 11.9 Å². The summed E-state index contributed by atoms with van der Waals surface area (Å²) in [4.78, 5) is 2.16. The maximum absolute atomic E-state index is 9.90. The van der Waals surface area contributed by atoms with Gasteiger partial charge in [0.25, 0.3) is 0 Å². The molecule has 0 saturated heterocycles. The summed E-state index contributed by atoms with van der Waals surface area (Å²) in [6, 6.07) is 16.0. The zero-order chi connectivity index (χ0) is 14.7. The molecule has 2 atom stereocenters. The first kappa shape index (κ1) is 14.9. The van der Waals surface area contributed by atoms with Gasteiger partial charge in [-0.2, -0.15) is 0 Å². The second-order valence-electron chi connectivity index (χ2n) is 5.08. The molecule has 0 spiro atoms. The molecule has 0 aliphatic carbocycles. The number of halogens is 1. The van der Waals surface area contributed by atoms with Gasteiger partial charge in [-0.05, 0) is 37.6 Å². The molecule has 0 bridgehead atoms. The molecule has 2 aromatic rings. The molecular weight excluding hydrogens is 270 g/mol. The molecule has 0 aliphatic rings. The minimum Gasteiger partial charge on any atom is -0.389 e. The second-order valence-corrected chi connectivity index (χ2v) is 5.51. The van der Waals surface area contributed by atoms with E-state index in [1.807, 2.05) is 49.5 Å². The third-order valence-electron chi connectivity index (χ3n) is 3.68. The Morgan fingerprint density at radius 2 is 1.75 bits per heavy atom. The van der Waals surface area contributed by atoms with Crippen molar-refractivity contribution < 1.29 is 5.11 Å². The first-order chi connectivity index (χ1) is 9.50. The monoisotopic (exact) mass is 289 g/mol. The van der Waals surface area contributed by atoms with Gasteiger partial charge in [0, 0.05) is 23.3 Å². The van der Waals surface area contributed by atoms with Crippen LogP contribution in [0, 0.1) is 0 Å². The lowest BCUT2D eigenvalue weighted by Gasteiger charge is -2.30. The van der Waals surface area contributed by atoms with Crippen LogP contribution in [0.4, 0.5) is 5.69 Å². The van der Waals surface area contributed by atoms with Crippen LogP contribution in [-0.4, -0.2) is 12.2 Å². The third-order valence-corrected chi connectivity index (χ3v) is 3.91. The number of anilines is 1. The zero-order valence-corrected chi connectivity index (χ0v) is 12.8. The minimum absolute atomic E-state index is 0.175. The van der Waals surface area contributed by atoms with Crippen molar-refractivity contribution in [3.63, 3.8) is 0 Å². The highest BCUT2D eigenvalue weighted by atomic mass is 35.5. The lowest BCUT2D eigenvalue weighted by molar-refractivity contribution is 0.199. The molecule has 0 radical (unpaired) electrons. The Hall–Kier alpha value is -1.51. The van der Waals surface area contributed by atoms with E-state index in [4.69, 9.17) is 11.6 Å². The minimum atomic E-state index is -0.486. The fourth-order valence-corrected chi connectivity index (χ4v) is 2.56. The van der Waals surface area contributed by atoms with Gasteiger partial charge in [-0.1, -0.05) is 41.9 Å². The highest BCUT2D eigenvalue weighted by Gasteiger charge is 2.17. The van der Waals surface area contributed by atoms with Crippen molar-refractivity contribution in [1.29, 1.82) is 0 Å². The maximum atomic E-state index is 9.90. The van der Waals surface area contributed by atoms with Crippen LogP contribution in [0.1, 0.15) is 37.1 Å². The molecule has 2 aromatic carbocycles. The lowest BCUT2D eigenvalue weighted by atomic mass is 10.0. The number of para-hydroxylation sites is 1. The van der Waals surface area contributed by atoms with Crippen LogP contribution in [0.2, 0.25) is 5.02 Å². The average Bonchev–Trinajstić information content (AvgIpc) is 2.45. The zero-order valence-electron chi connectivity index (χ0n) is 12.0. The number of benzene rings is 2. The van der Waals surface area contributed by atoms with Gasteiger partial charge in [-0.25, -0.2) is 0 Å². The number of rotatable bonds is 4. The molecule has 0 aliphatic heterocycles. The Labute approximate surface area is 125 Å². The molecule has 1 N–H and O–H groups in total. The SMILES string of the molecule is CC(c1cccc(Cl)c1)N(C)c1ccccc1[C@H](C)O. The molecule has 0 saturated carbocycles. The average molecular weight is 290 g/mol. The van der Waals surface area contributed by atoms with Crippen LogP contribution in [0.15, 0.2) is 48.5 Å². The number of aliphatic hydroxyl groups is 1. The predicted molar refractivity (Wildman–Crippen MR) is 85.3 cm³/mol. The first-order valence-electron chi connectivity index (χ1n) is 6.76. The standard InChI is InChI=1S/C17H20ClNO/c1-12(14-7-6-8-15(18)11-14)19(3)17-10-5-4-9-16(17)13(2)20/h4-13,20H,1-3H3/t12?,13-/m0/s1. The summed E-state index contributed by atoms with van der Waals surface area (Å²) in [6.07, 6.45) is -0.486. The molecule has 0 fully saturated rings. The van der Waals surface area contributed by atoms with E-state index in [1.54, 1.807) is 6.92 Å². The number of nitrogens with zero attached hydrogens (tertiary/aromatic N) is 1. The fraction of sp³-hybridized carbons (Fsp3) is 0.294. The van der Waals surface area contributed by atoms with Crippen molar-refractivity contribution in [2.45, 2.75) is 26.0 Å². The first-order valence-corrected chi connectivity index (χ1v) is 7.13. The predicted octanol–water partition coefficient (Wildman–Crippen LogP) is 4.59. The summed E-state index contributed by atoms with van der Waals surface area (Å²) in [5, 5.41) is 10.6. The number of hydrogen-bond donors (Lipinski definition) is 1. The molecular formula is C17H20ClNO. The van der Waals surface area contributed by atoms with Gasteiger partial charge in [0.15, 0.2) is 0 Å². The summed E-state index contributed by atoms with van der Waals surface area (Å²) in [6.45, 7) is 3.92. The molecule has 3 heteroatoms. The van der Waals surface area contributed by atoms with E-state index in [9.17, 15) is 5.11 Å². The van der Waals surface area contributed by atoms with E-state index in [0.29, 0.717) is 0 Å². The normalized spacial score (nSPS) is 13.8. The topological polar surface area (TPSA) is 23.5 Å². The van der Waals surface area contributed by atoms with E-state index in [2.05, 4.69) is 17.9 Å². The Morgan fingerprint density at radius 3 is 2.40 bits per heavy atom. The smallest absolute Gasteiger partial charge is 0.0781 e. The summed E-state index contributed by atoms with van der Waals surface area (Å²) < 4.78 is 0. The van der Waals surface area contributed by atoms with Crippen LogP contribution in [0.25, 0.3) is 0 Å². The van der Waals surface area contributed by atoms with E-state index in [0.717, 1.165) is 21.8 Å². The van der Waals surface area contributed by atoms with E-state index >= 15 is 0 Å². The van der Waals surface area contributed by atoms with Gasteiger partial charge in [0.1, 0.15) is 0 Å². The maximum Gasteiger partial charge on any atom is 0.0781 e. The van der Waals surface area contributed by atoms with Crippen molar-refractivity contribution in [3.05, 3.63) is 64.7 Å². The fourth-order valence-electron chi connectivity index (χ4n) is 2.36. The number of aliphatic hydroxyl groups excluding tert-OH is 1. The van der Waals surface area contributed by atoms with Crippen LogP contribution < -0.4 is 4.90 Å². The van der Waals surface area contributed by atoms with E-state index < -0.39 is 6.10 Å². The molecule has 2 rings (SSSR count). The molecule has 0 amide bonds. The Kier molecular flexibility index (Phi) is 4.69. The van der Waals surface area contributed by atoms with Crippen LogP contribution in [0.3, 0.4) is 0 Å². The summed E-state index contributed by atoms with van der Waals surface area (Å²) in [5.41, 5.74) is 3.12. The van der Waals surface area contributed by atoms with Gasteiger partial charge < -0.3 is 10.0 Å². The van der Waals surface area contributed by atoms with Crippen LogP contribution in [0.5, 0.6) is 0 Å². The molecule has 0 heterocycles. The van der Waals surface area contributed by atoms with Crippen molar-refractivity contribution in [1.82, 2.24) is 0 Å². The molecule has 1 unspecified atom stereocenters. The number of hydrogen-bond acceptors (Lipinski definition) is 2. The van der Waals surface area contributed by atoms with Crippen molar-refractivity contribution in [2.24, 2.45) is 0 Å². The Morgan fingerprint density at radius 1 is 1.05 bits per heavy atom. The molecule has 106 valence electrons. The molecule has 20 heavy (non-hydrogen) atoms. The van der Waals surface area contributed by atoms with Crippen LogP contribution in [-0.2, 0) is 0 Å². The van der Waals surface area contributed by atoms with Gasteiger partial charge in [-0.15, -0.1) is 0 Å². The highest BCUT2D eigenvalue weighted by molar-refractivity contribution is 6.30. The van der Waals surface area contributed by atoms with Gasteiger partial charge in [-0.3, -0.25) is 0 Å². The van der Waals surface area contributed by atoms with Crippen LogP contribution >= 0.6 is 11.6 Å². The summed E-state index contributed by atoms with van der Waals surface area (Å²) >= 11 is 6.06. The van der Waals surface area contributed by atoms with Crippen molar-refractivity contribution in [3.8, 4) is 0 Å². The van der Waals surface area contributed by atoms with Gasteiger partial charge >= 0.3 is 0 Å². The van der Waals surface area contributed by atoms with Gasteiger partial charge in [0.2, 0.25) is 0 Å². The highest BCUT2D eigenvalue weighted by Crippen LogP contribution is 2.31. The lowest BCUT2D eigenvalue weighted by Crippen LogP contribution is -2.23. The van der Waals surface area contributed by atoms with Gasteiger partial charge in [0.05, 0.1) is 12.1 Å². The largest absolute Gasteiger partial charge is 0.389 e. The van der Waals surface area contributed by atoms with Crippen molar-refractivity contribution >= 4 is 17.3 Å². The third kappa shape index (κ3) is 3.14. The Balaban J connectivity index is 2.34.